The highest BCUT2D eigenvalue weighted by molar-refractivity contribution is 5.66. The number of nitrogens with zero attached hydrogens (tertiary/aromatic N) is 4. The molecule has 0 bridgehead atoms. The second kappa shape index (κ2) is 7.92. The summed E-state index contributed by atoms with van der Waals surface area (Å²) in [5.74, 6) is 2.43. The van der Waals surface area contributed by atoms with Crippen LogP contribution in [0.1, 0.15) is 24.1 Å². The highest BCUT2D eigenvalue weighted by Gasteiger charge is 2.32. The topological polar surface area (TPSA) is 42.7 Å². The van der Waals surface area contributed by atoms with Gasteiger partial charge in [-0.1, -0.05) is 67.6 Å². The summed E-state index contributed by atoms with van der Waals surface area (Å²) in [6.45, 7) is 5.35. The van der Waals surface area contributed by atoms with Gasteiger partial charge in [0.15, 0.2) is 0 Å². The van der Waals surface area contributed by atoms with Crippen LogP contribution < -0.4 is 4.74 Å². The maximum atomic E-state index is 5.65. The Labute approximate surface area is 177 Å². The van der Waals surface area contributed by atoms with E-state index >= 15 is 0 Å². The predicted molar refractivity (Wildman–Crippen MR) is 119 cm³/mol. The Balaban J connectivity index is 1.49. The molecule has 0 radical (unpaired) electrons. The molecule has 2 unspecified atom stereocenters. The molecule has 0 spiro atoms. The van der Waals surface area contributed by atoms with E-state index in [9.17, 15) is 0 Å². The third-order valence-corrected chi connectivity index (χ3v) is 6.05. The fourth-order valence-corrected chi connectivity index (χ4v) is 4.54. The van der Waals surface area contributed by atoms with E-state index in [1.807, 2.05) is 24.4 Å². The van der Waals surface area contributed by atoms with Crippen molar-refractivity contribution in [1.82, 2.24) is 19.3 Å². The zero-order valence-electron chi connectivity index (χ0n) is 17.4. The molecule has 2 aromatic heterocycles. The van der Waals surface area contributed by atoms with Gasteiger partial charge in [0, 0.05) is 37.3 Å². The molecule has 1 fully saturated rings. The van der Waals surface area contributed by atoms with Gasteiger partial charge in [0.1, 0.15) is 11.3 Å². The molecule has 30 heavy (non-hydrogen) atoms. The number of methoxy groups -OCH3 is 1. The molecule has 2 aromatic carbocycles. The number of aromatic nitrogens is 3. The quantitative estimate of drug-likeness (QED) is 0.491. The maximum absolute atomic E-state index is 5.65. The van der Waals surface area contributed by atoms with E-state index < -0.39 is 0 Å². The molecule has 5 rings (SSSR count). The van der Waals surface area contributed by atoms with Gasteiger partial charge in [0.05, 0.1) is 19.0 Å². The minimum atomic E-state index is 0.359. The van der Waals surface area contributed by atoms with Crippen molar-refractivity contribution in [2.24, 2.45) is 5.92 Å². The lowest BCUT2D eigenvalue weighted by atomic mass is 9.95. The monoisotopic (exact) mass is 398 g/mol. The Morgan fingerprint density at radius 1 is 1.00 bits per heavy atom. The van der Waals surface area contributed by atoms with Crippen LogP contribution >= 0.6 is 0 Å². The van der Waals surface area contributed by atoms with Crippen molar-refractivity contribution in [2.45, 2.75) is 19.4 Å². The van der Waals surface area contributed by atoms with Crippen molar-refractivity contribution >= 4 is 5.52 Å². The molecule has 0 aliphatic carbocycles. The van der Waals surface area contributed by atoms with Gasteiger partial charge in [-0.15, -0.1) is 0 Å². The summed E-state index contributed by atoms with van der Waals surface area (Å²) in [6, 6.07) is 20.9. The lowest BCUT2D eigenvalue weighted by Crippen LogP contribution is -2.20. The van der Waals surface area contributed by atoms with E-state index in [4.69, 9.17) is 9.72 Å². The predicted octanol–water partition coefficient (Wildman–Crippen LogP) is 4.64. The average molecular weight is 399 g/mol. The number of imidazole rings is 1. The first-order chi connectivity index (χ1) is 14.7. The zero-order valence-corrected chi connectivity index (χ0v) is 17.4. The minimum Gasteiger partial charge on any atom is -0.479 e. The Morgan fingerprint density at radius 2 is 1.73 bits per heavy atom. The van der Waals surface area contributed by atoms with Gasteiger partial charge in [-0.25, -0.2) is 9.97 Å². The lowest BCUT2D eigenvalue weighted by molar-refractivity contribution is 0.318. The molecule has 0 N–H and O–H groups in total. The highest BCUT2D eigenvalue weighted by atomic mass is 16.5. The second-order valence-electron chi connectivity index (χ2n) is 8.14. The zero-order chi connectivity index (χ0) is 20.5. The molecular weight excluding hydrogens is 372 g/mol. The van der Waals surface area contributed by atoms with Crippen molar-refractivity contribution in [3.8, 4) is 17.3 Å². The van der Waals surface area contributed by atoms with Crippen molar-refractivity contribution in [3.05, 3.63) is 84.3 Å². The molecule has 1 aliphatic rings. The van der Waals surface area contributed by atoms with Crippen molar-refractivity contribution < 1.29 is 4.74 Å². The van der Waals surface area contributed by atoms with Crippen LogP contribution in [0.2, 0.25) is 0 Å². The molecular formula is C25H26N4O. The van der Waals surface area contributed by atoms with Crippen LogP contribution in [-0.2, 0) is 6.54 Å². The van der Waals surface area contributed by atoms with Gasteiger partial charge in [0.2, 0.25) is 5.88 Å². The summed E-state index contributed by atoms with van der Waals surface area (Å²) in [6.07, 6.45) is 4.00. The largest absolute Gasteiger partial charge is 0.479 e. The van der Waals surface area contributed by atoms with E-state index in [-0.39, 0.29) is 0 Å². The molecule has 0 amide bonds. The minimum absolute atomic E-state index is 0.359. The maximum Gasteiger partial charge on any atom is 0.240 e. The van der Waals surface area contributed by atoms with Gasteiger partial charge in [-0.3, -0.25) is 9.30 Å². The first kappa shape index (κ1) is 18.8. The van der Waals surface area contributed by atoms with Gasteiger partial charge < -0.3 is 4.74 Å². The van der Waals surface area contributed by atoms with Crippen LogP contribution in [0.25, 0.3) is 16.9 Å². The molecule has 152 valence electrons. The van der Waals surface area contributed by atoms with E-state index in [1.165, 1.54) is 5.56 Å². The summed E-state index contributed by atoms with van der Waals surface area (Å²) >= 11 is 0. The number of hydrogen-bond donors (Lipinski definition) is 0. The number of rotatable bonds is 5. The van der Waals surface area contributed by atoms with E-state index in [2.05, 4.69) is 69.9 Å². The molecule has 4 aromatic rings. The smallest absolute Gasteiger partial charge is 0.240 e. The fourth-order valence-electron chi connectivity index (χ4n) is 4.54. The van der Waals surface area contributed by atoms with Crippen LogP contribution in [0.3, 0.4) is 0 Å². The standard InChI is InChI=1S/C25H26N4O/c1-18-14-28(15-19-9-5-3-6-10-19)16-21(18)22-17-29-23(25(27-22)30-2)13-26-24(29)20-11-7-4-8-12-20/h3-13,17-18,21H,14-16H2,1-2H3. The van der Waals surface area contributed by atoms with Crippen molar-refractivity contribution in [3.63, 3.8) is 0 Å². The molecule has 2 atom stereocenters. The second-order valence-corrected chi connectivity index (χ2v) is 8.14. The summed E-state index contributed by atoms with van der Waals surface area (Å²) in [5, 5.41) is 0. The summed E-state index contributed by atoms with van der Waals surface area (Å²) < 4.78 is 7.78. The lowest BCUT2D eigenvalue weighted by Gasteiger charge is -2.17. The normalized spacial score (nSPS) is 19.4. The van der Waals surface area contributed by atoms with Crippen LogP contribution in [-0.4, -0.2) is 39.5 Å². The number of ether oxygens (including phenoxy) is 1. The number of likely N-dealkylation sites (tertiary alicyclic amines) is 1. The Hall–Kier alpha value is -3.18. The molecule has 3 heterocycles. The van der Waals surface area contributed by atoms with Crippen LogP contribution in [0.4, 0.5) is 0 Å². The van der Waals surface area contributed by atoms with Crippen molar-refractivity contribution in [1.29, 1.82) is 0 Å². The third kappa shape index (κ3) is 3.46. The van der Waals surface area contributed by atoms with E-state index in [0.29, 0.717) is 17.7 Å². The Morgan fingerprint density at radius 3 is 2.47 bits per heavy atom. The van der Waals surface area contributed by atoms with Crippen LogP contribution in [0.5, 0.6) is 5.88 Å². The molecule has 5 heteroatoms. The summed E-state index contributed by atoms with van der Waals surface area (Å²) in [5.41, 5.74) is 4.40. The van der Waals surface area contributed by atoms with Gasteiger partial charge >= 0.3 is 0 Å². The number of hydrogen-bond acceptors (Lipinski definition) is 4. The number of benzene rings is 2. The SMILES string of the molecule is COc1nc(C2CN(Cc3ccccc3)CC2C)cn2c(-c3ccccc3)ncc12. The Bertz CT molecular complexity index is 1140. The van der Waals surface area contributed by atoms with Crippen LogP contribution in [0.15, 0.2) is 73.1 Å². The van der Waals surface area contributed by atoms with E-state index in [0.717, 1.165) is 42.2 Å². The molecule has 0 saturated carbocycles. The van der Waals surface area contributed by atoms with E-state index in [1.54, 1.807) is 7.11 Å². The first-order valence-corrected chi connectivity index (χ1v) is 10.5. The average Bonchev–Trinajstić information content (AvgIpc) is 3.37. The van der Waals surface area contributed by atoms with Gasteiger partial charge in [-0.2, -0.15) is 0 Å². The van der Waals surface area contributed by atoms with Gasteiger partial charge in [0.25, 0.3) is 0 Å². The molecule has 1 saturated heterocycles. The van der Waals surface area contributed by atoms with Crippen LogP contribution in [0, 0.1) is 5.92 Å². The molecule has 1 aliphatic heterocycles. The Kier molecular flexibility index (Phi) is 4.97. The fraction of sp³-hybridized carbons (Fsp3) is 0.280. The number of fused-ring (bicyclic) bond motifs is 1. The van der Waals surface area contributed by atoms with Crippen molar-refractivity contribution in [2.75, 3.05) is 20.2 Å². The summed E-state index contributed by atoms with van der Waals surface area (Å²) in [7, 11) is 1.68. The summed E-state index contributed by atoms with van der Waals surface area (Å²) in [4.78, 5) is 12.1. The highest BCUT2D eigenvalue weighted by Crippen LogP contribution is 2.35. The third-order valence-electron chi connectivity index (χ3n) is 6.05. The molecule has 5 nitrogen and oxygen atoms in total. The van der Waals surface area contributed by atoms with Gasteiger partial charge in [-0.05, 0) is 11.5 Å². The first-order valence-electron chi connectivity index (χ1n) is 10.5.